The lowest BCUT2D eigenvalue weighted by Gasteiger charge is -2.07. The third-order valence-electron chi connectivity index (χ3n) is 2.91. The Morgan fingerprint density at radius 3 is 2.79 bits per heavy atom. The summed E-state index contributed by atoms with van der Waals surface area (Å²) in [5.41, 5.74) is 2.20. The monoisotopic (exact) mass is 254 g/mol. The van der Waals surface area contributed by atoms with E-state index in [0.717, 1.165) is 10.9 Å². The van der Waals surface area contributed by atoms with Crippen molar-refractivity contribution in [2.24, 2.45) is 0 Å². The van der Waals surface area contributed by atoms with Crippen LogP contribution in [-0.2, 0) is 0 Å². The van der Waals surface area contributed by atoms with Gasteiger partial charge >= 0.3 is 0 Å². The van der Waals surface area contributed by atoms with Crippen molar-refractivity contribution in [1.29, 1.82) is 0 Å². The van der Waals surface area contributed by atoms with Gasteiger partial charge in [0, 0.05) is 29.4 Å². The molecule has 0 atom stereocenters. The van der Waals surface area contributed by atoms with Gasteiger partial charge in [0.25, 0.3) is 0 Å². The Kier molecular flexibility index (Phi) is 2.83. The summed E-state index contributed by atoms with van der Waals surface area (Å²) in [7, 11) is 1.51. The summed E-state index contributed by atoms with van der Waals surface area (Å²) < 4.78 is 18.7. The number of methoxy groups -OCH3 is 1. The highest BCUT2D eigenvalue weighted by atomic mass is 19.1. The number of hydrogen-bond acceptors (Lipinski definition) is 3. The van der Waals surface area contributed by atoms with Crippen molar-refractivity contribution in [3.05, 3.63) is 54.6 Å². The number of hydrogen-bond donors (Lipinski definition) is 0. The van der Waals surface area contributed by atoms with Crippen molar-refractivity contribution in [2.75, 3.05) is 7.11 Å². The largest absolute Gasteiger partial charge is 0.497 e. The highest BCUT2D eigenvalue weighted by Gasteiger charge is 2.08. The van der Waals surface area contributed by atoms with Gasteiger partial charge in [-0.05, 0) is 30.3 Å². The van der Waals surface area contributed by atoms with Crippen molar-refractivity contribution >= 4 is 10.9 Å². The van der Waals surface area contributed by atoms with Gasteiger partial charge in [0.05, 0.1) is 18.3 Å². The fourth-order valence-electron chi connectivity index (χ4n) is 2.05. The van der Waals surface area contributed by atoms with Crippen LogP contribution in [0.4, 0.5) is 4.39 Å². The second-order valence-electron chi connectivity index (χ2n) is 4.11. The zero-order chi connectivity index (χ0) is 13.2. The third-order valence-corrected chi connectivity index (χ3v) is 2.91. The van der Waals surface area contributed by atoms with Crippen LogP contribution in [0.15, 0.2) is 48.8 Å². The molecule has 0 bridgehead atoms. The third kappa shape index (κ3) is 2.12. The van der Waals surface area contributed by atoms with E-state index in [1.165, 1.54) is 19.2 Å². The molecule has 0 N–H and O–H groups in total. The van der Waals surface area contributed by atoms with E-state index in [9.17, 15) is 4.39 Å². The molecule has 0 aliphatic carbocycles. The Morgan fingerprint density at radius 2 is 1.95 bits per heavy atom. The molecule has 0 saturated heterocycles. The molecule has 3 nitrogen and oxygen atoms in total. The first-order valence-electron chi connectivity index (χ1n) is 5.82. The summed E-state index contributed by atoms with van der Waals surface area (Å²) in [6.07, 6.45) is 3.39. The highest BCUT2D eigenvalue weighted by molar-refractivity contribution is 5.92. The molecule has 0 saturated carbocycles. The Morgan fingerprint density at radius 1 is 1.05 bits per heavy atom. The van der Waals surface area contributed by atoms with E-state index in [4.69, 9.17) is 4.74 Å². The van der Waals surface area contributed by atoms with Crippen molar-refractivity contribution in [2.45, 2.75) is 0 Å². The summed E-state index contributed by atoms with van der Waals surface area (Å²) in [6.45, 7) is 0. The van der Waals surface area contributed by atoms with Crippen molar-refractivity contribution in [1.82, 2.24) is 9.97 Å². The molecule has 3 aromatic rings. The van der Waals surface area contributed by atoms with Crippen LogP contribution >= 0.6 is 0 Å². The van der Waals surface area contributed by atoms with Crippen LogP contribution in [0.2, 0.25) is 0 Å². The van der Waals surface area contributed by atoms with Gasteiger partial charge in [-0.25, -0.2) is 4.39 Å². The highest BCUT2D eigenvalue weighted by Crippen LogP contribution is 2.28. The van der Waals surface area contributed by atoms with Gasteiger partial charge < -0.3 is 4.74 Å². The average Bonchev–Trinajstić information content (AvgIpc) is 2.46. The molecule has 4 heteroatoms. The topological polar surface area (TPSA) is 35.0 Å². The normalized spacial score (nSPS) is 10.6. The Hall–Kier alpha value is -2.49. The maximum absolute atomic E-state index is 13.6. The number of nitrogens with zero attached hydrogens (tertiary/aromatic N) is 2. The summed E-state index contributed by atoms with van der Waals surface area (Å²) >= 11 is 0. The lowest BCUT2D eigenvalue weighted by atomic mass is 10.1. The summed E-state index contributed by atoms with van der Waals surface area (Å²) in [6, 6.07) is 10.1. The van der Waals surface area contributed by atoms with Gasteiger partial charge in [0.2, 0.25) is 0 Å². The van der Waals surface area contributed by atoms with Gasteiger partial charge in [-0.2, -0.15) is 0 Å². The molecule has 1 aromatic carbocycles. The molecular formula is C15H11FN2O. The zero-order valence-corrected chi connectivity index (χ0v) is 10.3. The number of fused-ring (bicyclic) bond motifs is 1. The second kappa shape index (κ2) is 4.65. The lowest BCUT2D eigenvalue weighted by molar-refractivity contribution is 0.411. The van der Waals surface area contributed by atoms with Crippen LogP contribution in [0.3, 0.4) is 0 Å². The number of ether oxygens (including phenoxy) is 1. The summed E-state index contributed by atoms with van der Waals surface area (Å²) in [4.78, 5) is 8.60. The molecule has 19 heavy (non-hydrogen) atoms. The van der Waals surface area contributed by atoms with Gasteiger partial charge in [0.15, 0.2) is 0 Å². The van der Waals surface area contributed by atoms with Crippen LogP contribution in [-0.4, -0.2) is 17.1 Å². The van der Waals surface area contributed by atoms with E-state index in [-0.39, 0.29) is 5.82 Å². The summed E-state index contributed by atoms with van der Waals surface area (Å²) in [5.74, 6) is 0.120. The van der Waals surface area contributed by atoms with E-state index in [1.807, 2.05) is 18.2 Å². The molecule has 0 spiro atoms. The fourth-order valence-corrected chi connectivity index (χ4v) is 2.05. The van der Waals surface area contributed by atoms with E-state index < -0.39 is 0 Å². The molecule has 0 unspecified atom stereocenters. The average molecular weight is 254 g/mol. The minimum Gasteiger partial charge on any atom is -0.497 e. The van der Waals surface area contributed by atoms with Crippen molar-refractivity contribution < 1.29 is 9.13 Å². The number of pyridine rings is 2. The predicted octanol–water partition coefficient (Wildman–Crippen LogP) is 3.44. The predicted molar refractivity (Wildman–Crippen MR) is 71.5 cm³/mol. The zero-order valence-electron chi connectivity index (χ0n) is 10.3. The molecule has 0 aliphatic heterocycles. The number of rotatable bonds is 2. The van der Waals surface area contributed by atoms with Crippen LogP contribution in [0.5, 0.6) is 5.75 Å². The summed E-state index contributed by atoms with van der Waals surface area (Å²) in [5, 5.41) is 0.887. The van der Waals surface area contributed by atoms with Crippen molar-refractivity contribution in [3.63, 3.8) is 0 Å². The maximum atomic E-state index is 13.6. The van der Waals surface area contributed by atoms with E-state index in [0.29, 0.717) is 17.0 Å². The van der Waals surface area contributed by atoms with Crippen LogP contribution in [0.1, 0.15) is 0 Å². The molecule has 2 aromatic heterocycles. The number of benzene rings is 1. The first-order chi connectivity index (χ1) is 9.28. The second-order valence-corrected chi connectivity index (χ2v) is 4.11. The van der Waals surface area contributed by atoms with Crippen molar-refractivity contribution in [3.8, 4) is 17.0 Å². The Labute approximate surface area is 109 Å². The first-order valence-corrected chi connectivity index (χ1v) is 5.82. The molecule has 0 radical (unpaired) electrons. The molecule has 0 amide bonds. The van der Waals surface area contributed by atoms with Crippen LogP contribution in [0, 0.1) is 5.82 Å². The molecule has 0 fully saturated rings. The van der Waals surface area contributed by atoms with Gasteiger partial charge in [-0.15, -0.1) is 0 Å². The quantitative estimate of drug-likeness (QED) is 0.702. The minimum absolute atomic E-state index is 0.350. The minimum atomic E-state index is -0.350. The number of halogens is 1. The molecule has 0 aliphatic rings. The smallest absolute Gasteiger partial charge is 0.127 e. The van der Waals surface area contributed by atoms with E-state index in [1.54, 1.807) is 18.5 Å². The number of aromatic nitrogens is 2. The fraction of sp³-hybridized carbons (Fsp3) is 0.0667. The maximum Gasteiger partial charge on any atom is 0.127 e. The Bertz CT molecular complexity index is 738. The van der Waals surface area contributed by atoms with Gasteiger partial charge in [-0.1, -0.05) is 0 Å². The van der Waals surface area contributed by atoms with Crippen LogP contribution < -0.4 is 4.74 Å². The standard InChI is InChI=1S/C15H11FN2O/c1-19-12-8-10(7-11(16)9-12)15-13-3-2-5-17-14(13)4-6-18-15/h2-9H,1H3. The Balaban J connectivity index is 2.27. The first kappa shape index (κ1) is 11.6. The molecule has 2 heterocycles. The van der Waals surface area contributed by atoms with E-state index in [2.05, 4.69) is 9.97 Å². The van der Waals surface area contributed by atoms with Gasteiger partial charge in [0.1, 0.15) is 11.6 Å². The molecule has 3 rings (SSSR count). The van der Waals surface area contributed by atoms with Crippen LogP contribution in [0.25, 0.3) is 22.2 Å². The lowest BCUT2D eigenvalue weighted by Crippen LogP contribution is -1.90. The molecular weight excluding hydrogens is 243 g/mol. The van der Waals surface area contributed by atoms with E-state index >= 15 is 0 Å². The SMILES string of the molecule is COc1cc(F)cc(-c2nccc3ncccc23)c1. The van der Waals surface area contributed by atoms with Gasteiger partial charge in [-0.3, -0.25) is 9.97 Å². The molecule has 94 valence electrons.